The van der Waals surface area contributed by atoms with Gasteiger partial charge in [0.25, 0.3) is 0 Å². The largest absolute Gasteiger partial charge is 0.504 e. The Morgan fingerprint density at radius 3 is 2.50 bits per heavy atom. The van der Waals surface area contributed by atoms with Crippen molar-refractivity contribution in [2.24, 2.45) is 5.73 Å². The van der Waals surface area contributed by atoms with Crippen LogP contribution in [0.3, 0.4) is 0 Å². The number of aromatic hydroxyl groups is 2. The van der Waals surface area contributed by atoms with Gasteiger partial charge in [-0.3, -0.25) is 0 Å². The van der Waals surface area contributed by atoms with Gasteiger partial charge in [-0.1, -0.05) is 0 Å². The Morgan fingerprint density at radius 1 is 1.36 bits per heavy atom. The highest BCUT2D eigenvalue weighted by molar-refractivity contribution is 9.10. The molecule has 2 rings (SSSR count). The van der Waals surface area contributed by atoms with Gasteiger partial charge in [-0.05, 0) is 52.9 Å². The number of phenolic OH excluding ortho intramolecular Hbond substituents is 2. The molecule has 0 amide bonds. The Bertz CT molecular complexity index is 351. The standard InChI is InChI=1S/C10H12BrNO2/c11-7-3-6(4-8(13)9(7)14)5-10(12)1-2-10/h3-4,13-14H,1-2,5,12H2. The normalized spacial score (nSPS) is 18.1. The average molecular weight is 258 g/mol. The molecular weight excluding hydrogens is 246 g/mol. The van der Waals surface area contributed by atoms with Gasteiger partial charge < -0.3 is 15.9 Å². The Labute approximate surface area is 90.7 Å². The van der Waals surface area contributed by atoms with E-state index in [1.54, 1.807) is 12.1 Å². The number of phenols is 2. The zero-order chi connectivity index (χ0) is 10.3. The maximum Gasteiger partial charge on any atom is 0.171 e. The highest BCUT2D eigenvalue weighted by atomic mass is 79.9. The van der Waals surface area contributed by atoms with E-state index < -0.39 is 0 Å². The van der Waals surface area contributed by atoms with Gasteiger partial charge in [0.15, 0.2) is 11.5 Å². The number of halogens is 1. The summed E-state index contributed by atoms with van der Waals surface area (Å²) in [6.07, 6.45) is 2.82. The molecule has 0 atom stereocenters. The molecule has 1 saturated carbocycles. The van der Waals surface area contributed by atoms with Gasteiger partial charge in [-0.15, -0.1) is 0 Å². The SMILES string of the molecule is NC1(Cc2cc(O)c(O)c(Br)c2)CC1. The fourth-order valence-corrected chi connectivity index (χ4v) is 1.98. The van der Waals surface area contributed by atoms with Crippen LogP contribution in [0.15, 0.2) is 16.6 Å². The first kappa shape index (κ1) is 9.80. The lowest BCUT2D eigenvalue weighted by Crippen LogP contribution is -2.24. The Hall–Kier alpha value is -0.740. The predicted molar refractivity (Wildman–Crippen MR) is 57.3 cm³/mol. The van der Waals surface area contributed by atoms with Gasteiger partial charge in [-0.2, -0.15) is 0 Å². The summed E-state index contributed by atoms with van der Waals surface area (Å²) in [5.41, 5.74) is 6.83. The fraction of sp³-hybridized carbons (Fsp3) is 0.400. The van der Waals surface area contributed by atoms with Gasteiger partial charge in [-0.25, -0.2) is 0 Å². The van der Waals surface area contributed by atoms with Gasteiger partial charge in [0.05, 0.1) is 4.47 Å². The second kappa shape index (κ2) is 3.14. The summed E-state index contributed by atoms with van der Waals surface area (Å²) in [6.45, 7) is 0. The molecule has 0 unspecified atom stereocenters. The van der Waals surface area contributed by atoms with Gasteiger partial charge in [0.2, 0.25) is 0 Å². The van der Waals surface area contributed by atoms with Crippen molar-refractivity contribution in [3.63, 3.8) is 0 Å². The molecule has 4 N–H and O–H groups in total. The van der Waals surface area contributed by atoms with Crippen molar-refractivity contribution in [2.75, 3.05) is 0 Å². The predicted octanol–water partition coefficient (Wildman–Crippen LogP) is 1.89. The molecule has 0 heterocycles. The molecule has 3 nitrogen and oxygen atoms in total. The zero-order valence-corrected chi connectivity index (χ0v) is 9.21. The first-order chi connectivity index (χ1) is 6.50. The van der Waals surface area contributed by atoms with E-state index in [-0.39, 0.29) is 17.0 Å². The molecule has 1 aromatic rings. The van der Waals surface area contributed by atoms with E-state index in [0.717, 1.165) is 24.8 Å². The van der Waals surface area contributed by atoms with Crippen molar-refractivity contribution in [1.29, 1.82) is 0 Å². The number of benzene rings is 1. The molecule has 1 fully saturated rings. The summed E-state index contributed by atoms with van der Waals surface area (Å²) in [4.78, 5) is 0. The Kier molecular flexibility index (Phi) is 2.20. The summed E-state index contributed by atoms with van der Waals surface area (Å²) < 4.78 is 0.511. The smallest absolute Gasteiger partial charge is 0.171 e. The van der Waals surface area contributed by atoms with E-state index >= 15 is 0 Å². The molecule has 0 saturated heterocycles. The van der Waals surface area contributed by atoms with E-state index in [2.05, 4.69) is 15.9 Å². The number of nitrogens with two attached hydrogens (primary N) is 1. The molecule has 0 aromatic heterocycles. The number of hydrogen-bond acceptors (Lipinski definition) is 3. The second-order valence-electron chi connectivity index (χ2n) is 3.98. The third-order valence-electron chi connectivity index (χ3n) is 2.55. The lowest BCUT2D eigenvalue weighted by atomic mass is 10.0. The summed E-state index contributed by atoms with van der Waals surface area (Å²) in [5.74, 6) is -0.214. The van der Waals surface area contributed by atoms with Crippen molar-refractivity contribution >= 4 is 15.9 Å². The van der Waals surface area contributed by atoms with Gasteiger partial charge in [0, 0.05) is 5.54 Å². The van der Waals surface area contributed by atoms with Crippen LogP contribution < -0.4 is 5.73 Å². The first-order valence-corrected chi connectivity index (χ1v) is 5.29. The van der Waals surface area contributed by atoms with Crippen molar-refractivity contribution in [3.8, 4) is 11.5 Å². The van der Waals surface area contributed by atoms with E-state index in [9.17, 15) is 10.2 Å². The number of hydrogen-bond donors (Lipinski definition) is 3. The third kappa shape index (κ3) is 1.86. The lowest BCUT2D eigenvalue weighted by molar-refractivity contribution is 0.400. The molecule has 1 aromatic carbocycles. The molecule has 76 valence electrons. The van der Waals surface area contributed by atoms with E-state index in [1.165, 1.54) is 0 Å². The highest BCUT2D eigenvalue weighted by Gasteiger charge is 2.38. The van der Waals surface area contributed by atoms with Crippen LogP contribution in [0.1, 0.15) is 18.4 Å². The van der Waals surface area contributed by atoms with Crippen molar-refractivity contribution in [3.05, 3.63) is 22.2 Å². The van der Waals surface area contributed by atoms with Crippen molar-refractivity contribution in [1.82, 2.24) is 0 Å². The second-order valence-corrected chi connectivity index (χ2v) is 4.84. The quantitative estimate of drug-likeness (QED) is 0.710. The molecular formula is C10H12BrNO2. The molecule has 0 radical (unpaired) electrons. The number of rotatable bonds is 2. The van der Waals surface area contributed by atoms with E-state index in [0.29, 0.717) is 4.47 Å². The van der Waals surface area contributed by atoms with Crippen molar-refractivity contribution < 1.29 is 10.2 Å². The average Bonchev–Trinajstić information content (AvgIpc) is 2.79. The van der Waals surface area contributed by atoms with Crippen LogP contribution in [-0.2, 0) is 6.42 Å². The van der Waals surface area contributed by atoms with Crippen LogP contribution in [0.5, 0.6) is 11.5 Å². The van der Waals surface area contributed by atoms with Crippen LogP contribution in [0, 0.1) is 0 Å². The monoisotopic (exact) mass is 257 g/mol. The van der Waals surface area contributed by atoms with Crippen LogP contribution in [0.4, 0.5) is 0 Å². The molecule has 0 spiro atoms. The van der Waals surface area contributed by atoms with Crippen LogP contribution >= 0.6 is 15.9 Å². The minimum absolute atomic E-state index is 0.0805. The molecule has 1 aliphatic carbocycles. The molecule has 14 heavy (non-hydrogen) atoms. The van der Waals surface area contributed by atoms with Crippen LogP contribution in [0.2, 0.25) is 0 Å². The Morgan fingerprint density at radius 2 is 2.00 bits per heavy atom. The Balaban J connectivity index is 2.26. The highest BCUT2D eigenvalue weighted by Crippen LogP contribution is 2.39. The van der Waals surface area contributed by atoms with E-state index in [1.807, 2.05) is 0 Å². The third-order valence-corrected chi connectivity index (χ3v) is 3.16. The summed E-state index contributed by atoms with van der Waals surface area (Å²) in [7, 11) is 0. The minimum Gasteiger partial charge on any atom is -0.504 e. The lowest BCUT2D eigenvalue weighted by Gasteiger charge is -2.10. The first-order valence-electron chi connectivity index (χ1n) is 4.49. The fourth-order valence-electron chi connectivity index (χ4n) is 1.49. The van der Waals surface area contributed by atoms with E-state index in [4.69, 9.17) is 5.73 Å². The topological polar surface area (TPSA) is 66.5 Å². The summed E-state index contributed by atoms with van der Waals surface area (Å²) >= 11 is 3.17. The van der Waals surface area contributed by atoms with Crippen LogP contribution in [0.25, 0.3) is 0 Å². The molecule has 4 heteroatoms. The maximum absolute atomic E-state index is 9.38. The summed E-state index contributed by atoms with van der Waals surface area (Å²) in [6, 6.07) is 3.36. The van der Waals surface area contributed by atoms with Crippen molar-refractivity contribution in [2.45, 2.75) is 24.8 Å². The maximum atomic E-state index is 9.38. The molecule has 0 aliphatic heterocycles. The molecule has 0 bridgehead atoms. The molecule has 1 aliphatic rings. The minimum atomic E-state index is -0.115. The van der Waals surface area contributed by atoms with Gasteiger partial charge in [0.1, 0.15) is 0 Å². The zero-order valence-electron chi connectivity index (χ0n) is 7.63. The summed E-state index contributed by atoms with van der Waals surface area (Å²) in [5, 5.41) is 18.7. The van der Waals surface area contributed by atoms with Gasteiger partial charge >= 0.3 is 0 Å². The van der Waals surface area contributed by atoms with Crippen LogP contribution in [-0.4, -0.2) is 15.8 Å².